The summed E-state index contributed by atoms with van der Waals surface area (Å²) in [5.41, 5.74) is 1.44. The molecule has 0 aliphatic carbocycles. The van der Waals surface area contributed by atoms with Gasteiger partial charge in [-0.25, -0.2) is 8.42 Å². The van der Waals surface area contributed by atoms with Crippen molar-refractivity contribution in [2.75, 3.05) is 11.1 Å². The average molecular weight is 326 g/mol. The molecule has 0 bridgehead atoms. The molecule has 0 aromatic heterocycles. The first-order chi connectivity index (χ1) is 9.94. The highest BCUT2D eigenvalue weighted by Gasteiger charge is 2.11. The molecule has 0 amide bonds. The Balaban J connectivity index is 2.09. The normalized spacial score (nSPS) is 11.3. The smallest absolute Gasteiger partial charge is 0.178 e. The van der Waals surface area contributed by atoms with Crippen LogP contribution in [0.2, 0.25) is 5.02 Å². The summed E-state index contributed by atoms with van der Waals surface area (Å²) in [6.45, 7) is 2.01. The van der Waals surface area contributed by atoms with Crippen LogP contribution in [-0.4, -0.2) is 19.3 Å². The Labute approximate surface area is 129 Å². The fraction of sp³-hybridized carbons (Fsp3) is 0.200. The molecule has 112 valence electrons. The molecule has 0 radical (unpaired) electrons. The van der Waals surface area contributed by atoms with Gasteiger partial charge in [0.2, 0.25) is 0 Å². The predicted octanol–water partition coefficient (Wildman–Crippen LogP) is 3.45. The van der Waals surface area contributed by atoms with E-state index in [1.165, 1.54) is 0 Å². The molecule has 0 saturated carbocycles. The highest BCUT2D eigenvalue weighted by atomic mass is 35.5. The zero-order valence-corrected chi connectivity index (χ0v) is 13.1. The lowest BCUT2D eigenvalue weighted by atomic mass is 10.2. The minimum absolute atomic E-state index is 0.0526. The lowest BCUT2D eigenvalue weighted by Gasteiger charge is -2.09. The quantitative estimate of drug-likeness (QED) is 0.883. The predicted molar refractivity (Wildman–Crippen MR) is 84.6 cm³/mol. The third kappa shape index (κ3) is 3.68. The van der Waals surface area contributed by atoms with Crippen molar-refractivity contribution in [3.05, 3.63) is 53.1 Å². The maximum atomic E-state index is 11.7. The summed E-state index contributed by atoms with van der Waals surface area (Å²) < 4.78 is 23.4. The second-order valence-electron chi connectivity index (χ2n) is 4.53. The van der Waals surface area contributed by atoms with Crippen molar-refractivity contribution in [1.82, 2.24) is 0 Å². The first kappa shape index (κ1) is 15.7. The molecule has 2 aromatic rings. The fourth-order valence-electron chi connectivity index (χ4n) is 1.85. The van der Waals surface area contributed by atoms with Crippen LogP contribution in [0.3, 0.4) is 0 Å². The molecule has 0 unspecified atom stereocenters. The van der Waals surface area contributed by atoms with Gasteiger partial charge < -0.3 is 10.4 Å². The van der Waals surface area contributed by atoms with E-state index in [-0.39, 0.29) is 11.5 Å². The van der Waals surface area contributed by atoms with Crippen LogP contribution < -0.4 is 5.32 Å². The number of halogens is 1. The molecular weight excluding hydrogens is 310 g/mol. The van der Waals surface area contributed by atoms with Crippen LogP contribution in [-0.2, 0) is 16.4 Å². The minimum atomic E-state index is -3.18. The van der Waals surface area contributed by atoms with Gasteiger partial charge in [-0.1, -0.05) is 30.7 Å². The van der Waals surface area contributed by atoms with E-state index in [4.69, 9.17) is 11.6 Å². The molecule has 0 saturated heterocycles. The molecule has 2 aromatic carbocycles. The van der Waals surface area contributed by atoms with E-state index in [0.717, 1.165) is 5.69 Å². The molecule has 2 N–H and O–H groups in total. The topological polar surface area (TPSA) is 66.4 Å². The molecule has 2 rings (SSSR count). The average Bonchev–Trinajstić information content (AvgIpc) is 2.49. The van der Waals surface area contributed by atoms with E-state index in [2.05, 4.69) is 5.32 Å². The number of hydrogen-bond acceptors (Lipinski definition) is 4. The minimum Gasteiger partial charge on any atom is -0.506 e. The van der Waals surface area contributed by atoms with Crippen LogP contribution in [0.25, 0.3) is 0 Å². The third-order valence-electron chi connectivity index (χ3n) is 3.15. The Hall–Kier alpha value is -1.72. The Kier molecular flexibility index (Phi) is 4.75. The zero-order valence-electron chi connectivity index (χ0n) is 11.5. The van der Waals surface area contributed by atoms with Crippen molar-refractivity contribution >= 4 is 27.1 Å². The second-order valence-corrected chi connectivity index (χ2v) is 7.21. The van der Waals surface area contributed by atoms with Crippen LogP contribution in [0.5, 0.6) is 5.75 Å². The Bertz CT molecular complexity index is 727. The lowest BCUT2D eigenvalue weighted by molar-refractivity contribution is 0.469. The molecule has 0 aliphatic heterocycles. The molecule has 21 heavy (non-hydrogen) atoms. The van der Waals surface area contributed by atoms with Gasteiger partial charge in [0.25, 0.3) is 0 Å². The fourth-order valence-corrected chi connectivity index (χ4v) is 2.92. The number of benzene rings is 2. The second kappa shape index (κ2) is 6.37. The highest BCUT2D eigenvalue weighted by molar-refractivity contribution is 7.91. The number of nitrogens with one attached hydrogen (secondary N) is 1. The first-order valence-corrected chi connectivity index (χ1v) is 8.50. The molecule has 0 atom stereocenters. The van der Waals surface area contributed by atoms with Gasteiger partial charge in [-0.05, 0) is 30.3 Å². The van der Waals surface area contributed by atoms with Gasteiger partial charge >= 0.3 is 0 Å². The standard InChI is InChI=1S/C15H16ClNO3S/c1-2-21(19,20)13-8-6-12(7-9-13)17-10-11-4-3-5-14(16)15(11)18/h3-9,17-18H,2,10H2,1H3. The maximum Gasteiger partial charge on any atom is 0.178 e. The number of sulfone groups is 1. The summed E-state index contributed by atoms with van der Waals surface area (Å²) in [4.78, 5) is 0.307. The number of anilines is 1. The van der Waals surface area contributed by atoms with Crippen LogP contribution in [0, 0.1) is 0 Å². The Morgan fingerprint density at radius 2 is 1.81 bits per heavy atom. The lowest BCUT2D eigenvalue weighted by Crippen LogP contribution is -2.04. The molecular formula is C15H16ClNO3S. The summed E-state index contributed by atoms with van der Waals surface area (Å²) >= 11 is 5.84. The molecule has 0 heterocycles. The van der Waals surface area contributed by atoms with E-state index >= 15 is 0 Å². The Morgan fingerprint density at radius 3 is 2.43 bits per heavy atom. The third-order valence-corrected chi connectivity index (χ3v) is 5.20. The summed E-state index contributed by atoms with van der Waals surface area (Å²) in [6.07, 6.45) is 0. The monoisotopic (exact) mass is 325 g/mol. The summed E-state index contributed by atoms with van der Waals surface area (Å²) in [6, 6.07) is 11.7. The molecule has 6 heteroatoms. The number of hydrogen-bond donors (Lipinski definition) is 2. The van der Waals surface area contributed by atoms with E-state index in [0.29, 0.717) is 22.0 Å². The van der Waals surface area contributed by atoms with Crippen molar-refractivity contribution in [2.45, 2.75) is 18.4 Å². The first-order valence-electron chi connectivity index (χ1n) is 6.47. The summed E-state index contributed by atoms with van der Waals surface area (Å²) in [5.74, 6) is 0.132. The molecule has 0 aliphatic rings. The van der Waals surface area contributed by atoms with Gasteiger partial charge in [-0.3, -0.25) is 0 Å². The number of phenolic OH excluding ortho intramolecular Hbond substituents is 1. The molecule has 0 fully saturated rings. The van der Waals surface area contributed by atoms with Crippen molar-refractivity contribution in [3.63, 3.8) is 0 Å². The largest absolute Gasteiger partial charge is 0.506 e. The SMILES string of the molecule is CCS(=O)(=O)c1ccc(NCc2cccc(Cl)c2O)cc1. The van der Waals surface area contributed by atoms with Crippen molar-refractivity contribution in [3.8, 4) is 5.75 Å². The van der Waals surface area contributed by atoms with Crippen LogP contribution in [0.15, 0.2) is 47.4 Å². The van der Waals surface area contributed by atoms with Gasteiger partial charge in [0.15, 0.2) is 9.84 Å². The van der Waals surface area contributed by atoms with Gasteiger partial charge in [-0.2, -0.15) is 0 Å². The van der Waals surface area contributed by atoms with Crippen molar-refractivity contribution in [2.24, 2.45) is 0 Å². The molecule has 4 nitrogen and oxygen atoms in total. The number of rotatable bonds is 5. The van der Waals surface area contributed by atoms with Gasteiger partial charge in [0.1, 0.15) is 5.75 Å². The number of aromatic hydroxyl groups is 1. The van der Waals surface area contributed by atoms with Gasteiger partial charge in [0, 0.05) is 17.8 Å². The summed E-state index contributed by atoms with van der Waals surface area (Å²) in [5, 5.41) is 13.2. The van der Waals surface area contributed by atoms with E-state index in [1.54, 1.807) is 49.4 Å². The van der Waals surface area contributed by atoms with E-state index in [1.807, 2.05) is 0 Å². The number of para-hydroxylation sites is 1. The van der Waals surface area contributed by atoms with Crippen LogP contribution >= 0.6 is 11.6 Å². The van der Waals surface area contributed by atoms with E-state index < -0.39 is 9.84 Å². The zero-order chi connectivity index (χ0) is 15.5. The highest BCUT2D eigenvalue weighted by Crippen LogP contribution is 2.27. The van der Waals surface area contributed by atoms with Gasteiger partial charge in [-0.15, -0.1) is 0 Å². The van der Waals surface area contributed by atoms with Crippen LogP contribution in [0.1, 0.15) is 12.5 Å². The Morgan fingerprint density at radius 1 is 1.14 bits per heavy atom. The molecule has 0 spiro atoms. The maximum absolute atomic E-state index is 11.7. The summed E-state index contributed by atoms with van der Waals surface area (Å²) in [7, 11) is -3.18. The van der Waals surface area contributed by atoms with Crippen molar-refractivity contribution < 1.29 is 13.5 Å². The van der Waals surface area contributed by atoms with E-state index in [9.17, 15) is 13.5 Å². The van der Waals surface area contributed by atoms with Crippen LogP contribution in [0.4, 0.5) is 5.69 Å². The number of phenols is 1. The van der Waals surface area contributed by atoms with Gasteiger partial charge in [0.05, 0.1) is 15.7 Å². The van der Waals surface area contributed by atoms with Crippen molar-refractivity contribution in [1.29, 1.82) is 0 Å².